The zero-order valence-electron chi connectivity index (χ0n) is 21.1. The summed E-state index contributed by atoms with van der Waals surface area (Å²) >= 11 is 0. The van der Waals surface area contributed by atoms with Gasteiger partial charge in [-0.1, -0.05) is 48.0 Å². The number of rotatable bonds is 15. The largest absolute Gasteiger partial charge is 0.480 e. The van der Waals surface area contributed by atoms with Gasteiger partial charge in [0.2, 0.25) is 17.7 Å². The van der Waals surface area contributed by atoms with Gasteiger partial charge in [-0.3, -0.25) is 19.4 Å². The summed E-state index contributed by atoms with van der Waals surface area (Å²) in [6.45, 7) is 10.8. The molecule has 5 unspecified atom stereocenters. The highest BCUT2D eigenvalue weighted by Crippen LogP contribution is 2.10. The molecule has 0 rings (SSSR count). The SMILES string of the molecule is CCC(C)C(N)C(=O)NC(C(=O)NC(CCCN=C(N)N)C(=O)NC(C(=O)O)C(C)C)C(C)C. The molecule has 34 heavy (non-hydrogen) atoms. The average molecular weight is 486 g/mol. The second kappa shape index (κ2) is 15.1. The zero-order chi connectivity index (χ0) is 26.6. The topological polar surface area (TPSA) is 215 Å². The van der Waals surface area contributed by atoms with Crippen molar-refractivity contribution in [3.8, 4) is 0 Å². The summed E-state index contributed by atoms with van der Waals surface area (Å²) in [6, 6.07) is -3.89. The van der Waals surface area contributed by atoms with Crippen molar-refractivity contribution in [2.45, 2.75) is 85.0 Å². The zero-order valence-corrected chi connectivity index (χ0v) is 21.1. The number of hydrogen-bond donors (Lipinski definition) is 7. The van der Waals surface area contributed by atoms with E-state index in [1.807, 2.05) is 13.8 Å². The van der Waals surface area contributed by atoms with Gasteiger partial charge in [0.15, 0.2) is 5.96 Å². The Morgan fingerprint density at radius 2 is 1.38 bits per heavy atom. The van der Waals surface area contributed by atoms with Gasteiger partial charge in [-0.25, -0.2) is 4.79 Å². The fraction of sp³-hybridized carbons (Fsp3) is 0.773. The third-order valence-corrected chi connectivity index (χ3v) is 5.62. The van der Waals surface area contributed by atoms with Crippen LogP contribution >= 0.6 is 0 Å². The van der Waals surface area contributed by atoms with E-state index in [0.717, 1.165) is 0 Å². The van der Waals surface area contributed by atoms with Gasteiger partial charge in [0.1, 0.15) is 18.1 Å². The van der Waals surface area contributed by atoms with Crippen LogP contribution in [0.2, 0.25) is 0 Å². The minimum absolute atomic E-state index is 0.0751. The molecule has 0 spiro atoms. The fourth-order valence-electron chi connectivity index (χ4n) is 3.10. The smallest absolute Gasteiger partial charge is 0.326 e. The van der Waals surface area contributed by atoms with Crippen LogP contribution in [0, 0.1) is 17.8 Å². The van der Waals surface area contributed by atoms with Gasteiger partial charge in [-0.2, -0.15) is 0 Å². The number of nitrogens with one attached hydrogen (secondary N) is 3. The molecule has 0 aliphatic carbocycles. The van der Waals surface area contributed by atoms with Gasteiger partial charge in [-0.05, 0) is 30.6 Å². The van der Waals surface area contributed by atoms with Crippen LogP contribution in [-0.4, -0.2) is 65.5 Å². The van der Waals surface area contributed by atoms with Crippen molar-refractivity contribution in [3.63, 3.8) is 0 Å². The van der Waals surface area contributed by atoms with Crippen LogP contribution in [0.3, 0.4) is 0 Å². The maximum absolute atomic E-state index is 13.1. The molecule has 3 amide bonds. The van der Waals surface area contributed by atoms with Crippen molar-refractivity contribution < 1.29 is 24.3 Å². The quantitative estimate of drug-likeness (QED) is 0.0888. The predicted molar refractivity (Wildman–Crippen MR) is 130 cm³/mol. The third-order valence-electron chi connectivity index (χ3n) is 5.62. The molecule has 0 bridgehead atoms. The Hall–Kier alpha value is -2.89. The number of carboxylic acids is 1. The van der Waals surface area contributed by atoms with Crippen LogP contribution in [0.1, 0.15) is 60.8 Å². The number of aliphatic imine (C=N–C) groups is 1. The first-order valence-corrected chi connectivity index (χ1v) is 11.7. The molecule has 0 heterocycles. The molecule has 0 radical (unpaired) electrons. The number of carbonyl (C=O) groups is 4. The van der Waals surface area contributed by atoms with E-state index in [2.05, 4.69) is 20.9 Å². The first kappa shape index (κ1) is 31.1. The lowest BCUT2D eigenvalue weighted by Crippen LogP contribution is -2.59. The average Bonchev–Trinajstić information content (AvgIpc) is 2.75. The Morgan fingerprint density at radius 3 is 1.82 bits per heavy atom. The number of carbonyl (C=O) groups excluding carboxylic acids is 3. The number of amides is 3. The monoisotopic (exact) mass is 485 g/mol. The van der Waals surface area contributed by atoms with E-state index in [1.165, 1.54) is 0 Å². The Labute approximate surface area is 201 Å². The van der Waals surface area contributed by atoms with E-state index in [0.29, 0.717) is 12.8 Å². The summed E-state index contributed by atoms with van der Waals surface area (Å²) in [5.41, 5.74) is 16.6. The summed E-state index contributed by atoms with van der Waals surface area (Å²) < 4.78 is 0. The molecular formula is C22H43N7O5. The van der Waals surface area contributed by atoms with Crippen molar-refractivity contribution in [2.24, 2.45) is 39.9 Å². The third kappa shape index (κ3) is 10.8. The van der Waals surface area contributed by atoms with Crippen LogP contribution in [-0.2, 0) is 19.2 Å². The Bertz CT molecular complexity index is 722. The summed E-state index contributed by atoms with van der Waals surface area (Å²) in [5.74, 6) is -3.69. The summed E-state index contributed by atoms with van der Waals surface area (Å²) in [6.07, 6.45) is 1.21. The first-order valence-electron chi connectivity index (χ1n) is 11.7. The highest BCUT2D eigenvalue weighted by Gasteiger charge is 2.32. The Morgan fingerprint density at radius 1 is 0.853 bits per heavy atom. The van der Waals surface area contributed by atoms with Crippen LogP contribution in [0.15, 0.2) is 4.99 Å². The lowest BCUT2D eigenvalue weighted by atomic mass is 9.97. The van der Waals surface area contributed by atoms with E-state index >= 15 is 0 Å². The lowest BCUT2D eigenvalue weighted by Gasteiger charge is -2.28. The van der Waals surface area contributed by atoms with Crippen molar-refractivity contribution in [1.82, 2.24) is 16.0 Å². The van der Waals surface area contributed by atoms with Gasteiger partial charge in [0, 0.05) is 6.54 Å². The van der Waals surface area contributed by atoms with E-state index in [9.17, 15) is 24.3 Å². The van der Waals surface area contributed by atoms with Crippen LogP contribution in [0.5, 0.6) is 0 Å². The number of guanidine groups is 1. The highest BCUT2D eigenvalue weighted by atomic mass is 16.4. The molecule has 0 saturated carbocycles. The summed E-state index contributed by atoms with van der Waals surface area (Å²) in [4.78, 5) is 53.9. The van der Waals surface area contributed by atoms with E-state index in [4.69, 9.17) is 17.2 Å². The number of nitrogens with two attached hydrogens (primary N) is 3. The van der Waals surface area contributed by atoms with Crippen molar-refractivity contribution in [1.29, 1.82) is 0 Å². The molecule has 5 atom stereocenters. The van der Waals surface area contributed by atoms with Crippen LogP contribution in [0.25, 0.3) is 0 Å². The number of hydrogen-bond acceptors (Lipinski definition) is 6. The minimum Gasteiger partial charge on any atom is -0.480 e. The molecule has 0 fully saturated rings. The van der Waals surface area contributed by atoms with Gasteiger partial charge in [0.05, 0.1) is 6.04 Å². The van der Waals surface area contributed by atoms with Crippen molar-refractivity contribution in [2.75, 3.05) is 6.54 Å². The molecule has 0 aromatic heterocycles. The molecule has 0 aliphatic rings. The van der Waals surface area contributed by atoms with Crippen molar-refractivity contribution >= 4 is 29.7 Å². The molecule has 0 saturated heterocycles. The normalized spacial score (nSPS) is 15.6. The summed E-state index contributed by atoms with van der Waals surface area (Å²) in [7, 11) is 0. The fourth-order valence-corrected chi connectivity index (χ4v) is 3.10. The number of aliphatic carboxylic acids is 1. The van der Waals surface area contributed by atoms with Gasteiger partial charge in [0.25, 0.3) is 0 Å². The first-order chi connectivity index (χ1) is 15.7. The number of carboxylic acid groups (broad SMARTS) is 1. The van der Waals surface area contributed by atoms with E-state index in [-0.39, 0.29) is 36.7 Å². The maximum atomic E-state index is 13.1. The molecule has 12 nitrogen and oxygen atoms in total. The maximum Gasteiger partial charge on any atom is 0.326 e. The lowest BCUT2D eigenvalue weighted by molar-refractivity contribution is -0.143. The molecular weight excluding hydrogens is 442 g/mol. The van der Waals surface area contributed by atoms with Crippen LogP contribution in [0.4, 0.5) is 0 Å². The predicted octanol–water partition coefficient (Wildman–Crippen LogP) is -0.736. The second-order valence-electron chi connectivity index (χ2n) is 9.22. The van der Waals surface area contributed by atoms with Gasteiger partial charge < -0.3 is 38.3 Å². The second-order valence-corrected chi connectivity index (χ2v) is 9.22. The minimum atomic E-state index is -1.18. The Balaban J connectivity index is 5.58. The number of nitrogens with zero attached hydrogens (tertiary/aromatic N) is 1. The van der Waals surface area contributed by atoms with E-state index < -0.39 is 47.9 Å². The molecule has 12 heteroatoms. The Kier molecular flexibility index (Phi) is 13.8. The highest BCUT2D eigenvalue weighted by molar-refractivity contribution is 5.94. The molecule has 196 valence electrons. The van der Waals surface area contributed by atoms with Gasteiger partial charge in [-0.15, -0.1) is 0 Å². The standard InChI is InChI=1S/C22H43N7O5/c1-7-13(6)15(23)19(31)28-16(11(2)3)20(32)27-14(9-8-10-26-22(24)25)18(30)29-17(12(4)5)21(33)34/h11-17H,7-10,23H2,1-6H3,(H,27,32)(H,28,31)(H,29,30)(H,33,34)(H4,24,25,26). The van der Waals surface area contributed by atoms with Crippen LogP contribution < -0.4 is 33.2 Å². The molecule has 0 aliphatic heterocycles. The van der Waals surface area contributed by atoms with E-state index in [1.54, 1.807) is 27.7 Å². The van der Waals surface area contributed by atoms with Crippen molar-refractivity contribution in [3.05, 3.63) is 0 Å². The molecule has 0 aromatic carbocycles. The molecule has 0 aromatic rings. The van der Waals surface area contributed by atoms with Gasteiger partial charge >= 0.3 is 5.97 Å². The summed E-state index contributed by atoms with van der Waals surface area (Å²) in [5, 5.41) is 17.2. The molecule has 10 N–H and O–H groups in total.